The van der Waals surface area contributed by atoms with Crippen LogP contribution >= 0.6 is 11.6 Å². The van der Waals surface area contributed by atoms with Crippen molar-refractivity contribution in [2.45, 2.75) is 31.2 Å². The predicted octanol–water partition coefficient (Wildman–Crippen LogP) is 2.36. The summed E-state index contributed by atoms with van der Waals surface area (Å²) in [4.78, 5) is 16.4. The largest absolute Gasteiger partial charge is 0.381 e. The fourth-order valence-corrected chi connectivity index (χ4v) is 3.28. The zero-order valence-corrected chi connectivity index (χ0v) is 14.4. The molecule has 2 heterocycles. The highest BCUT2D eigenvalue weighted by molar-refractivity contribution is 6.30. The number of ether oxygens (including phenoxy) is 1. The molecule has 24 heavy (non-hydrogen) atoms. The molecule has 0 radical (unpaired) electrons. The van der Waals surface area contributed by atoms with E-state index < -0.39 is 6.04 Å². The van der Waals surface area contributed by atoms with E-state index in [1.165, 1.54) is 6.33 Å². The van der Waals surface area contributed by atoms with E-state index in [9.17, 15) is 4.79 Å². The molecule has 3 rings (SSSR count). The molecule has 1 amide bonds. The van der Waals surface area contributed by atoms with Gasteiger partial charge < -0.3 is 10.1 Å². The summed E-state index contributed by atoms with van der Waals surface area (Å²) in [6.07, 6.45) is 4.68. The quantitative estimate of drug-likeness (QED) is 0.900. The molecule has 7 heteroatoms. The topological polar surface area (TPSA) is 69.0 Å². The van der Waals surface area contributed by atoms with Crippen LogP contribution in [0.2, 0.25) is 5.02 Å². The second kappa shape index (κ2) is 7.32. The van der Waals surface area contributed by atoms with E-state index in [1.807, 2.05) is 18.2 Å². The zero-order chi connectivity index (χ0) is 17.0. The van der Waals surface area contributed by atoms with E-state index in [1.54, 1.807) is 17.9 Å². The molecular weight excluding hydrogens is 328 g/mol. The Morgan fingerprint density at radius 1 is 1.46 bits per heavy atom. The third-order valence-corrected chi connectivity index (χ3v) is 4.94. The molecule has 0 aliphatic carbocycles. The molecular formula is C17H21ClN4O2. The van der Waals surface area contributed by atoms with Gasteiger partial charge in [0.05, 0.1) is 0 Å². The van der Waals surface area contributed by atoms with Crippen molar-refractivity contribution in [1.29, 1.82) is 0 Å². The van der Waals surface area contributed by atoms with Crippen LogP contribution in [0.5, 0.6) is 0 Å². The van der Waals surface area contributed by atoms with Crippen LogP contribution in [0.1, 0.15) is 31.4 Å². The average Bonchev–Trinajstić information content (AvgIpc) is 3.14. The molecule has 1 aromatic heterocycles. The van der Waals surface area contributed by atoms with E-state index in [4.69, 9.17) is 16.3 Å². The number of halogens is 1. The molecule has 128 valence electrons. The van der Waals surface area contributed by atoms with Crippen LogP contribution < -0.4 is 5.32 Å². The number of amides is 1. The standard InChI is InChI=1S/C17H21ClN4O2/c1-13(22-12-19-11-21-22)16(23)20-10-17(5-7-24-8-6-17)14-3-2-4-15(18)9-14/h2-4,9,11-13H,5-8,10H2,1H3,(H,20,23). The summed E-state index contributed by atoms with van der Waals surface area (Å²) in [7, 11) is 0. The molecule has 2 aromatic rings. The Balaban J connectivity index is 1.74. The van der Waals surface area contributed by atoms with Gasteiger partial charge >= 0.3 is 0 Å². The maximum Gasteiger partial charge on any atom is 0.244 e. The summed E-state index contributed by atoms with van der Waals surface area (Å²) in [6.45, 7) is 3.72. The van der Waals surface area contributed by atoms with E-state index in [-0.39, 0.29) is 11.3 Å². The van der Waals surface area contributed by atoms with Crippen molar-refractivity contribution in [3.63, 3.8) is 0 Å². The van der Waals surface area contributed by atoms with Crippen molar-refractivity contribution < 1.29 is 9.53 Å². The lowest BCUT2D eigenvalue weighted by molar-refractivity contribution is -0.124. The molecule has 1 unspecified atom stereocenters. The van der Waals surface area contributed by atoms with Crippen molar-refractivity contribution in [3.8, 4) is 0 Å². The Labute approximate surface area is 146 Å². The van der Waals surface area contributed by atoms with Crippen molar-refractivity contribution in [3.05, 3.63) is 47.5 Å². The number of carbonyl (C=O) groups is 1. The summed E-state index contributed by atoms with van der Waals surface area (Å²) in [5.41, 5.74) is 0.993. The number of aromatic nitrogens is 3. The van der Waals surface area contributed by atoms with E-state index >= 15 is 0 Å². The van der Waals surface area contributed by atoms with Crippen LogP contribution in [-0.4, -0.2) is 40.4 Å². The van der Waals surface area contributed by atoms with Crippen LogP contribution in [0.3, 0.4) is 0 Å². The lowest BCUT2D eigenvalue weighted by Gasteiger charge is -2.38. The van der Waals surface area contributed by atoms with Gasteiger partial charge in [0.25, 0.3) is 0 Å². The molecule has 1 fully saturated rings. The third-order valence-electron chi connectivity index (χ3n) is 4.70. The molecule has 1 atom stereocenters. The third kappa shape index (κ3) is 3.60. The normalized spacial score (nSPS) is 18.1. The van der Waals surface area contributed by atoms with Gasteiger partial charge in [0.15, 0.2) is 0 Å². The van der Waals surface area contributed by atoms with Crippen molar-refractivity contribution in [2.24, 2.45) is 0 Å². The first-order valence-electron chi connectivity index (χ1n) is 8.06. The maximum absolute atomic E-state index is 12.5. The van der Waals surface area contributed by atoms with Gasteiger partial charge in [-0.15, -0.1) is 0 Å². The average molecular weight is 349 g/mol. The van der Waals surface area contributed by atoms with Gasteiger partial charge in [-0.2, -0.15) is 5.10 Å². The molecule has 1 aliphatic rings. The first-order chi connectivity index (χ1) is 11.6. The number of rotatable bonds is 5. The van der Waals surface area contributed by atoms with Crippen molar-refractivity contribution in [2.75, 3.05) is 19.8 Å². The van der Waals surface area contributed by atoms with Gasteiger partial charge in [-0.3, -0.25) is 4.79 Å². The van der Waals surface area contributed by atoms with Crippen molar-refractivity contribution in [1.82, 2.24) is 20.1 Å². The highest BCUT2D eigenvalue weighted by Gasteiger charge is 2.35. The Kier molecular flexibility index (Phi) is 5.16. The van der Waals surface area contributed by atoms with Gasteiger partial charge in [-0.25, -0.2) is 9.67 Å². The van der Waals surface area contributed by atoms with Crippen LogP contribution in [0.25, 0.3) is 0 Å². The Morgan fingerprint density at radius 3 is 2.92 bits per heavy atom. The highest BCUT2D eigenvalue weighted by Crippen LogP contribution is 2.35. The smallest absolute Gasteiger partial charge is 0.244 e. The lowest BCUT2D eigenvalue weighted by atomic mass is 9.74. The summed E-state index contributed by atoms with van der Waals surface area (Å²) in [5.74, 6) is -0.0756. The van der Waals surface area contributed by atoms with Crippen LogP contribution in [-0.2, 0) is 14.9 Å². The van der Waals surface area contributed by atoms with Crippen LogP contribution in [0.4, 0.5) is 0 Å². The highest BCUT2D eigenvalue weighted by atomic mass is 35.5. The van der Waals surface area contributed by atoms with Gasteiger partial charge in [0, 0.05) is 30.2 Å². The number of nitrogens with one attached hydrogen (secondary N) is 1. The van der Waals surface area contributed by atoms with Gasteiger partial charge in [0.2, 0.25) is 5.91 Å². The Morgan fingerprint density at radius 2 is 2.25 bits per heavy atom. The minimum Gasteiger partial charge on any atom is -0.381 e. The summed E-state index contributed by atoms with van der Waals surface area (Å²) in [5, 5.41) is 7.81. The summed E-state index contributed by atoms with van der Waals surface area (Å²) >= 11 is 6.17. The number of nitrogens with zero attached hydrogens (tertiary/aromatic N) is 3. The number of hydrogen-bond donors (Lipinski definition) is 1. The zero-order valence-electron chi connectivity index (χ0n) is 13.6. The molecule has 0 saturated carbocycles. The molecule has 1 aliphatic heterocycles. The van der Waals surface area contributed by atoms with Gasteiger partial charge in [-0.1, -0.05) is 23.7 Å². The fraction of sp³-hybridized carbons (Fsp3) is 0.471. The van der Waals surface area contributed by atoms with E-state index in [2.05, 4.69) is 21.5 Å². The SMILES string of the molecule is CC(C(=O)NCC1(c2cccc(Cl)c2)CCOCC1)n1cncn1. The summed E-state index contributed by atoms with van der Waals surface area (Å²) in [6, 6.07) is 7.48. The molecule has 0 spiro atoms. The minimum absolute atomic E-state index is 0.0756. The lowest BCUT2D eigenvalue weighted by Crippen LogP contribution is -2.46. The second-order valence-corrected chi connectivity index (χ2v) is 6.61. The van der Waals surface area contributed by atoms with Crippen molar-refractivity contribution >= 4 is 17.5 Å². The Hall–Kier alpha value is -1.92. The van der Waals surface area contributed by atoms with Gasteiger partial charge in [-0.05, 0) is 37.5 Å². The van der Waals surface area contributed by atoms with Crippen LogP contribution in [0, 0.1) is 0 Å². The summed E-state index contributed by atoms with van der Waals surface area (Å²) < 4.78 is 7.07. The molecule has 0 bridgehead atoms. The van der Waals surface area contributed by atoms with Crippen LogP contribution in [0.15, 0.2) is 36.9 Å². The molecule has 6 nitrogen and oxygen atoms in total. The first kappa shape index (κ1) is 16.9. The first-order valence-corrected chi connectivity index (χ1v) is 8.44. The monoisotopic (exact) mass is 348 g/mol. The van der Waals surface area contributed by atoms with E-state index in [0.717, 1.165) is 18.4 Å². The molecule has 1 N–H and O–H groups in total. The van der Waals surface area contributed by atoms with Gasteiger partial charge in [0.1, 0.15) is 18.7 Å². The number of carbonyl (C=O) groups excluding carboxylic acids is 1. The predicted molar refractivity (Wildman–Crippen MR) is 90.9 cm³/mol. The Bertz CT molecular complexity index is 684. The minimum atomic E-state index is -0.399. The maximum atomic E-state index is 12.5. The second-order valence-electron chi connectivity index (χ2n) is 6.17. The van der Waals surface area contributed by atoms with E-state index in [0.29, 0.717) is 24.8 Å². The number of hydrogen-bond acceptors (Lipinski definition) is 4. The number of benzene rings is 1. The molecule has 1 saturated heterocycles. The molecule has 1 aromatic carbocycles. The fourth-order valence-electron chi connectivity index (χ4n) is 3.09.